The molecule has 1 N–H and O–H groups in total. The van der Waals surface area contributed by atoms with Gasteiger partial charge in [-0.05, 0) is 19.4 Å². The highest BCUT2D eigenvalue weighted by atomic mass is 35.5. The summed E-state index contributed by atoms with van der Waals surface area (Å²) in [4.78, 5) is 22.4. The van der Waals surface area contributed by atoms with Crippen molar-refractivity contribution in [2.24, 2.45) is 7.05 Å². The lowest BCUT2D eigenvalue weighted by Gasteiger charge is -2.15. The number of halogens is 2. The molecular weight excluding hydrogens is 383 g/mol. The molecule has 7 nitrogen and oxygen atoms in total. The van der Waals surface area contributed by atoms with Crippen molar-refractivity contribution >= 4 is 35.5 Å². The van der Waals surface area contributed by atoms with Gasteiger partial charge < -0.3 is 14.6 Å². The van der Waals surface area contributed by atoms with Gasteiger partial charge >= 0.3 is 5.97 Å². The van der Waals surface area contributed by atoms with Gasteiger partial charge in [-0.2, -0.15) is 5.10 Å². The zero-order valence-corrected chi connectivity index (χ0v) is 16.0. The van der Waals surface area contributed by atoms with Crippen LogP contribution in [0.15, 0.2) is 12.1 Å². The molecule has 0 saturated carbocycles. The molecule has 9 heteroatoms. The first-order chi connectivity index (χ1) is 12.3. The number of nitrogens with zero attached hydrogens (tertiary/aromatic N) is 2. The zero-order valence-electron chi connectivity index (χ0n) is 14.5. The Bertz CT molecular complexity index is 835. The maximum Gasteiger partial charge on any atom is 0.344 e. The molecule has 0 unspecified atom stereocenters. The first kappa shape index (κ1) is 20.1. The smallest absolute Gasteiger partial charge is 0.344 e. The molecule has 0 saturated heterocycles. The summed E-state index contributed by atoms with van der Waals surface area (Å²) in [6.45, 7) is 3.35. The summed E-state index contributed by atoms with van der Waals surface area (Å²) in [5.74, 6) is -0.648. The van der Waals surface area contributed by atoms with E-state index in [9.17, 15) is 9.59 Å². The molecule has 1 heterocycles. The quantitative estimate of drug-likeness (QED) is 0.669. The summed E-state index contributed by atoms with van der Waals surface area (Å²) < 4.78 is 12.5. The van der Waals surface area contributed by atoms with Gasteiger partial charge in [0.15, 0.2) is 18.1 Å². The number of carboxylic acid groups (broad SMARTS) is 1. The number of aromatic nitrogens is 2. The standard InChI is InChI=1S/C17H18Cl2N2O5/c1-4-5-13-10(8-22)16(21(3)20-13)26-15-7-14(11(18)6-12(15)19)25-9(2)17(23)24/h6-9H,4-5H2,1-3H3,(H,23,24)/t9-/m0/s1. The Morgan fingerprint density at radius 3 is 2.58 bits per heavy atom. The molecule has 0 fully saturated rings. The molecule has 2 rings (SSSR count). The number of hydrogen-bond acceptors (Lipinski definition) is 5. The molecule has 0 bridgehead atoms. The molecule has 1 atom stereocenters. The Morgan fingerprint density at radius 2 is 2.00 bits per heavy atom. The number of aldehydes is 1. The van der Waals surface area contributed by atoms with Crippen molar-refractivity contribution in [1.29, 1.82) is 0 Å². The van der Waals surface area contributed by atoms with Crippen LogP contribution in [0.5, 0.6) is 17.4 Å². The molecular formula is C17H18Cl2N2O5. The number of ether oxygens (including phenoxy) is 2. The van der Waals surface area contributed by atoms with Crippen molar-refractivity contribution in [3.8, 4) is 17.4 Å². The van der Waals surface area contributed by atoms with Crippen LogP contribution < -0.4 is 9.47 Å². The van der Waals surface area contributed by atoms with E-state index < -0.39 is 12.1 Å². The number of carboxylic acids is 1. The fourth-order valence-electron chi connectivity index (χ4n) is 2.26. The summed E-state index contributed by atoms with van der Waals surface area (Å²) in [6, 6.07) is 2.76. The summed E-state index contributed by atoms with van der Waals surface area (Å²) in [6.07, 6.45) is 1.02. The molecule has 1 aromatic carbocycles. The van der Waals surface area contributed by atoms with Gasteiger partial charge in [0.1, 0.15) is 5.75 Å². The van der Waals surface area contributed by atoms with E-state index in [2.05, 4.69) is 5.10 Å². The first-order valence-corrected chi connectivity index (χ1v) is 8.61. The average molecular weight is 401 g/mol. The summed E-state index contributed by atoms with van der Waals surface area (Å²) in [5.41, 5.74) is 0.961. The van der Waals surface area contributed by atoms with Gasteiger partial charge in [-0.1, -0.05) is 36.5 Å². The van der Waals surface area contributed by atoms with Crippen LogP contribution in [0.4, 0.5) is 0 Å². The van der Waals surface area contributed by atoms with Crippen LogP contribution in [0.1, 0.15) is 36.3 Å². The van der Waals surface area contributed by atoms with Gasteiger partial charge in [0.05, 0.1) is 21.3 Å². The maximum atomic E-state index is 11.5. The van der Waals surface area contributed by atoms with Gasteiger partial charge in [-0.3, -0.25) is 4.79 Å². The van der Waals surface area contributed by atoms with Crippen molar-refractivity contribution in [3.63, 3.8) is 0 Å². The topological polar surface area (TPSA) is 90.7 Å². The van der Waals surface area contributed by atoms with Crippen molar-refractivity contribution in [3.05, 3.63) is 33.4 Å². The van der Waals surface area contributed by atoms with Crippen LogP contribution in [0.2, 0.25) is 10.0 Å². The van der Waals surface area contributed by atoms with E-state index in [1.165, 1.54) is 23.7 Å². The number of carbonyl (C=O) groups excluding carboxylic acids is 1. The van der Waals surface area contributed by atoms with Gasteiger partial charge in [0.2, 0.25) is 5.88 Å². The lowest BCUT2D eigenvalue weighted by atomic mass is 10.2. The van der Waals surface area contributed by atoms with Gasteiger partial charge in [0.25, 0.3) is 0 Å². The predicted octanol–water partition coefficient (Wildman–Crippen LogP) is 4.14. The highest BCUT2D eigenvalue weighted by Gasteiger charge is 2.21. The van der Waals surface area contributed by atoms with E-state index in [4.69, 9.17) is 37.8 Å². The van der Waals surface area contributed by atoms with E-state index in [0.717, 1.165) is 6.42 Å². The van der Waals surface area contributed by atoms with Crippen LogP contribution in [-0.4, -0.2) is 33.2 Å². The van der Waals surface area contributed by atoms with E-state index >= 15 is 0 Å². The second-order valence-corrected chi connectivity index (χ2v) is 6.38. The Kier molecular flexibility index (Phi) is 6.50. The third kappa shape index (κ3) is 4.28. The molecule has 0 aliphatic heterocycles. The largest absolute Gasteiger partial charge is 0.479 e. The number of carbonyl (C=O) groups is 2. The minimum absolute atomic E-state index is 0.101. The van der Waals surface area contributed by atoms with Gasteiger partial charge in [-0.15, -0.1) is 0 Å². The molecule has 0 aliphatic rings. The summed E-state index contributed by atoms with van der Waals surface area (Å²) in [5, 5.41) is 13.6. The minimum atomic E-state index is -1.14. The van der Waals surface area contributed by atoms with E-state index in [0.29, 0.717) is 24.0 Å². The molecule has 0 amide bonds. The van der Waals surface area contributed by atoms with E-state index in [1.807, 2.05) is 6.92 Å². The fraction of sp³-hybridized carbons (Fsp3) is 0.353. The summed E-state index contributed by atoms with van der Waals surface area (Å²) in [7, 11) is 1.65. The van der Waals surface area contributed by atoms with Crippen molar-refractivity contribution < 1.29 is 24.2 Å². The minimum Gasteiger partial charge on any atom is -0.479 e. The lowest BCUT2D eigenvalue weighted by molar-refractivity contribution is -0.144. The Labute approximate surface area is 160 Å². The van der Waals surface area contributed by atoms with Crippen LogP contribution >= 0.6 is 23.2 Å². The summed E-state index contributed by atoms with van der Waals surface area (Å²) >= 11 is 12.2. The molecule has 1 aromatic heterocycles. The SMILES string of the molecule is CCCc1nn(C)c(Oc2cc(O[C@@H](C)C(=O)O)c(Cl)cc2Cl)c1C=O. The number of benzene rings is 1. The Hall–Kier alpha value is -2.25. The molecule has 26 heavy (non-hydrogen) atoms. The maximum absolute atomic E-state index is 11.5. The van der Waals surface area contributed by atoms with Crippen LogP contribution in [-0.2, 0) is 18.3 Å². The van der Waals surface area contributed by atoms with Crippen LogP contribution in [0.25, 0.3) is 0 Å². The van der Waals surface area contributed by atoms with Gasteiger partial charge in [-0.25, -0.2) is 9.48 Å². The number of rotatable bonds is 8. The highest BCUT2D eigenvalue weighted by Crippen LogP contribution is 2.39. The number of hydrogen-bond donors (Lipinski definition) is 1. The third-order valence-corrected chi connectivity index (χ3v) is 4.15. The van der Waals surface area contributed by atoms with Crippen molar-refractivity contribution in [2.45, 2.75) is 32.8 Å². The molecule has 0 aliphatic carbocycles. The lowest BCUT2D eigenvalue weighted by Crippen LogP contribution is -2.23. The molecule has 0 spiro atoms. The Morgan fingerprint density at radius 1 is 1.35 bits per heavy atom. The molecule has 2 aromatic rings. The van der Waals surface area contributed by atoms with E-state index in [1.54, 1.807) is 7.05 Å². The normalized spacial score (nSPS) is 11.9. The zero-order chi connectivity index (χ0) is 19.4. The second kappa shape index (κ2) is 8.42. The van der Waals surface area contributed by atoms with Crippen LogP contribution in [0.3, 0.4) is 0 Å². The van der Waals surface area contributed by atoms with Crippen molar-refractivity contribution in [1.82, 2.24) is 9.78 Å². The molecule has 140 valence electrons. The average Bonchev–Trinajstić information content (AvgIpc) is 2.86. The van der Waals surface area contributed by atoms with Crippen LogP contribution in [0, 0.1) is 0 Å². The monoisotopic (exact) mass is 400 g/mol. The predicted molar refractivity (Wildman–Crippen MR) is 96.9 cm³/mol. The third-order valence-electron chi connectivity index (χ3n) is 3.56. The number of aliphatic carboxylic acids is 1. The highest BCUT2D eigenvalue weighted by molar-refractivity contribution is 6.36. The second-order valence-electron chi connectivity index (χ2n) is 5.57. The van der Waals surface area contributed by atoms with E-state index in [-0.39, 0.29) is 27.4 Å². The number of aryl methyl sites for hydroxylation is 2. The fourth-order valence-corrected chi connectivity index (χ4v) is 2.73. The van der Waals surface area contributed by atoms with Crippen molar-refractivity contribution in [2.75, 3.05) is 0 Å². The Balaban J connectivity index is 2.41. The van der Waals surface area contributed by atoms with Gasteiger partial charge in [0, 0.05) is 13.1 Å². The first-order valence-electron chi connectivity index (χ1n) is 7.85. The molecule has 0 radical (unpaired) electrons.